The van der Waals surface area contributed by atoms with E-state index in [1.165, 1.54) is 11.0 Å². The number of carbonyl (C=O) groups is 1. The molecule has 4 heteroatoms. The zero-order valence-corrected chi connectivity index (χ0v) is 9.76. The van der Waals surface area contributed by atoms with E-state index in [2.05, 4.69) is 0 Å². The van der Waals surface area contributed by atoms with Crippen LogP contribution in [0.15, 0.2) is 30.3 Å². The molecule has 0 saturated heterocycles. The van der Waals surface area contributed by atoms with E-state index in [4.69, 9.17) is 11.0 Å². The molecule has 0 unspecified atom stereocenters. The van der Waals surface area contributed by atoms with Gasteiger partial charge in [-0.05, 0) is 23.8 Å². The summed E-state index contributed by atoms with van der Waals surface area (Å²) in [6, 6.07) is 9.28. The Morgan fingerprint density at radius 2 is 2.35 bits per heavy atom. The third-order valence-electron chi connectivity index (χ3n) is 2.26. The predicted molar refractivity (Wildman–Crippen MR) is 67.8 cm³/mol. The Balaban J connectivity index is 2.59. The maximum atomic E-state index is 11.6. The van der Waals surface area contributed by atoms with E-state index < -0.39 is 0 Å². The summed E-state index contributed by atoms with van der Waals surface area (Å²) in [4.78, 5) is 13.1. The number of nitrogens with zero attached hydrogens (tertiary/aromatic N) is 2. The van der Waals surface area contributed by atoms with Gasteiger partial charge in [-0.2, -0.15) is 5.26 Å². The monoisotopic (exact) mass is 229 g/mol. The van der Waals surface area contributed by atoms with Crippen LogP contribution >= 0.6 is 0 Å². The molecule has 1 amide bonds. The van der Waals surface area contributed by atoms with Crippen LogP contribution in [0.25, 0.3) is 6.08 Å². The van der Waals surface area contributed by atoms with Crippen molar-refractivity contribution in [2.45, 2.75) is 6.42 Å². The normalized spacial score (nSPS) is 10.1. The van der Waals surface area contributed by atoms with Crippen molar-refractivity contribution in [2.75, 3.05) is 19.3 Å². The van der Waals surface area contributed by atoms with Crippen molar-refractivity contribution >= 4 is 17.7 Å². The second-order valence-electron chi connectivity index (χ2n) is 3.67. The number of nitrogen functional groups attached to an aromatic ring is 1. The van der Waals surface area contributed by atoms with Crippen molar-refractivity contribution < 1.29 is 4.79 Å². The molecule has 17 heavy (non-hydrogen) atoms. The van der Waals surface area contributed by atoms with Crippen LogP contribution in [-0.2, 0) is 4.79 Å². The van der Waals surface area contributed by atoms with E-state index in [1.807, 2.05) is 18.2 Å². The fourth-order valence-electron chi connectivity index (χ4n) is 1.29. The van der Waals surface area contributed by atoms with Crippen LogP contribution in [0.5, 0.6) is 0 Å². The zero-order valence-electron chi connectivity index (χ0n) is 9.76. The quantitative estimate of drug-likeness (QED) is 0.630. The summed E-state index contributed by atoms with van der Waals surface area (Å²) in [6.07, 6.45) is 3.53. The Morgan fingerprint density at radius 3 is 3.00 bits per heavy atom. The van der Waals surface area contributed by atoms with Crippen molar-refractivity contribution in [2.24, 2.45) is 0 Å². The van der Waals surface area contributed by atoms with Gasteiger partial charge in [0.1, 0.15) is 0 Å². The fraction of sp³-hybridized carbons (Fsp3) is 0.231. The molecule has 0 spiro atoms. The largest absolute Gasteiger partial charge is 0.399 e. The highest BCUT2D eigenvalue weighted by molar-refractivity contribution is 5.91. The number of anilines is 1. The molecule has 1 aromatic rings. The number of hydrogen-bond donors (Lipinski definition) is 1. The van der Waals surface area contributed by atoms with Gasteiger partial charge in [0, 0.05) is 25.4 Å². The standard InChI is InChI=1S/C13H15N3O/c1-16(9-3-8-14)13(17)7-6-11-4-2-5-12(15)10-11/h2,4-7,10H,3,9,15H2,1H3/b7-6+. The molecule has 0 radical (unpaired) electrons. The van der Waals surface area contributed by atoms with Crippen LogP contribution in [0.4, 0.5) is 5.69 Å². The van der Waals surface area contributed by atoms with Gasteiger partial charge in [0.2, 0.25) is 5.91 Å². The molecule has 4 nitrogen and oxygen atoms in total. The molecule has 1 aromatic carbocycles. The number of nitrogens with two attached hydrogens (primary N) is 1. The van der Waals surface area contributed by atoms with Crippen molar-refractivity contribution in [3.05, 3.63) is 35.9 Å². The Hall–Kier alpha value is -2.28. The number of amides is 1. The predicted octanol–water partition coefficient (Wildman–Crippen LogP) is 1.65. The third kappa shape index (κ3) is 4.39. The maximum Gasteiger partial charge on any atom is 0.246 e. The minimum atomic E-state index is -0.123. The molecular weight excluding hydrogens is 214 g/mol. The molecule has 0 fully saturated rings. The van der Waals surface area contributed by atoms with Gasteiger partial charge in [0.25, 0.3) is 0 Å². The van der Waals surface area contributed by atoms with Crippen LogP contribution in [0, 0.1) is 11.3 Å². The molecular formula is C13H15N3O. The highest BCUT2D eigenvalue weighted by Gasteiger charge is 2.03. The minimum Gasteiger partial charge on any atom is -0.399 e. The summed E-state index contributed by atoms with van der Waals surface area (Å²) in [6.45, 7) is 0.441. The van der Waals surface area contributed by atoms with E-state index >= 15 is 0 Å². The van der Waals surface area contributed by atoms with Gasteiger partial charge in [0.05, 0.1) is 12.5 Å². The van der Waals surface area contributed by atoms with Crippen molar-refractivity contribution in [1.82, 2.24) is 4.90 Å². The van der Waals surface area contributed by atoms with Gasteiger partial charge in [-0.15, -0.1) is 0 Å². The Morgan fingerprint density at radius 1 is 1.59 bits per heavy atom. The van der Waals surface area contributed by atoms with Gasteiger partial charge < -0.3 is 10.6 Å². The molecule has 88 valence electrons. The Kier molecular flexibility index (Phi) is 4.77. The summed E-state index contributed by atoms with van der Waals surface area (Å²) in [7, 11) is 1.67. The molecule has 0 atom stereocenters. The molecule has 1 rings (SSSR count). The lowest BCUT2D eigenvalue weighted by Crippen LogP contribution is -2.25. The van der Waals surface area contributed by atoms with E-state index in [-0.39, 0.29) is 5.91 Å². The van der Waals surface area contributed by atoms with Gasteiger partial charge in [-0.3, -0.25) is 4.79 Å². The molecule has 0 aliphatic heterocycles. The van der Waals surface area contributed by atoms with Gasteiger partial charge >= 0.3 is 0 Å². The molecule has 2 N–H and O–H groups in total. The first-order chi connectivity index (χ1) is 8.13. The summed E-state index contributed by atoms with van der Waals surface area (Å²) >= 11 is 0. The van der Waals surface area contributed by atoms with E-state index in [0.29, 0.717) is 18.7 Å². The van der Waals surface area contributed by atoms with Crippen molar-refractivity contribution in [3.8, 4) is 6.07 Å². The lowest BCUT2D eigenvalue weighted by molar-refractivity contribution is -0.124. The van der Waals surface area contributed by atoms with Crippen LogP contribution < -0.4 is 5.73 Å². The number of rotatable bonds is 4. The third-order valence-corrected chi connectivity index (χ3v) is 2.26. The van der Waals surface area contributed by atoms with Crippen LogP contribution in [-0.4, -0.2) is 24.4 Å². The first-order valence-electron chi connectivity index (χ1n) is 5.29. The first-order valence-corrected chi connectivity index (χ1v) is 5.29. The number of benzene rings is 1. The number of likely N-dealkylation sites (N-methyl/N-ethyl adjacent to an activating group) is 1. The Labute approximate surface area is 101 Å². The van der Waals surface area contributed by atoms with Crippen molar-refractivity contribution in [3.63, 3.8) is 0 Å². The molecule has 0 aromatic heterocycles. The highest BCUT2D eigenvalue weighted by atomic mass is 16.2. The summed E-state index contributed by atoms with van der Waals surface area (Å²) in [5.41, 5.74) is 7.17. The average molecular weight is 229 g/mol. The number of hydrogen-bond acceptors (Lipinski definition) is 3. The number of nitriles is 1. The second-order valence-corrected chi connectivity index (χ2v) is 3.67. The fourth-order valence-corrected chi connectivity index (χ4v) is 1.29. The van der Waals surface area contributed by atoms with E-state index in [1.54, 1.807) is 25.3 Å². The molecule has 0 aliphatic rings. The van der Waals surface area contributed by atoms with Gasteiger partial charge in [0.15, 0.2) is 0 Å². The van der Waals surface area contributed by atoms with Crippen molar-refractivity contribution in [1.29, 1.82) is 5.26 Å². The molecule has 0 heterocycles. The smallest absolute Gasteiger partial charge is 0.246 e. The second kappa shape index (κ2) is 6.33. The number of carbonyl (C=O) groups excluding carboxylic acids is 1. The summed E-state index contributed by atoms with van der Waals surface area (Å²) in [5.74, 6) is -0.123. The van der Waals surface area contributed by atoms with E-state index in [0.717, 1.165) is 5.56 Å². The SMILES string of the molecule is CN(CCC#N)C(=O)/C=C/c1cccc(N)c1. The van der Waals surface area contributed by atoms with Gasteiger partial charge in [-0.25, -0.2) is 0 Å². The average Bonchev–Trinajstić information content (AvgIpc) is 2.33. The lowest BCUT2D eigenvalue weighted by Gasteiger charge is -2.12. The molecule has 0 aliphatic carbocycles. The van der Waals surface area contributed by atoms with Crippen LogP contribution in [0.1, 0.15) is 12.0 Å². The summed E-state index contributed by atoms with van der Waals surface area (Å²) in [5, 5.41) is 8.42. The topological polar surface area (TPSA) is 70.1 Å². The zero-order chi connectivity index (χ0) is 12.7. The maximum absolute atomic E-state index is 11.6. The highest BCUT2D eigenvalue weighted by Crippen LogP contribution is 2.08. The minimum absolute atomic E-state index is 0.123. The molecule has 0 bridgehead atoms. The van der Waals surface area contributed by atoms with Crippen LogP contribution in [0.2, 0.25) is 0 Å². The molecule has 0 saturated carbocycles. The summed E-state index contributed by atoms with van der Waals surface area (Å²) < 4.78 is 0. The van der Waals surface area contributed by atoms with E-state index in [9.17, 15) is 4.79 Å². The van der Waals surface area contributed by atoms with Gasteiger partial charge in [-0.1, -0.05) is 12.1 Å². The lowest BCUT2D eigenvalue weighted by atomic mass is 10.2. The van der Waals surface area contributed by atoms with Crippen LogP contribution in [0.3, 0.4) is 0 Å². The first kappa shape index (κ1) is 12.8. The Bertz CT molecular complexity index is 460.